The maximum Gasteiger partial charge on any atom is 0.191 e. The average Bonchev–Trinajstić information content (AvgIpc) is 3.27. The first-order valence-electron chi connectivity index (χ1n) is 7.30. The molecular weight excluding hydrogens is 377 g/mol. The van der Waals surface area contributed by atoms with Crippen LogP contribution in [0.15, 0.2) is 29.3 Å². The highest BCUT2D eigenvalue weighted by atomic mass is 127. The predicted octanol–water partition coefficient (Wildman–Crippen LogP) is 3.25. The Morgan fingerprint density at radius 1 is 1.33 bits per heavy atom. The topological polar surface area (TPSA) is 50.9 Å². The minimum absolute atomic E-state index is 0. The maximum absolute atomic E-state index is 5.97. The van der Waals surface area contributed by atoms with Crippen LogP contribution in [-0.2, 0) is 6.54 Å². The van der Waals surface area contributed by atoms with Crippen molar-refractivity contribution in [2.45, 2.75) is 39.3 Å². The van der Waals surface area contributed by atoms with Gasteiger partial charge in [-0.25, -0.2) is 4.99 Å². The third kappa shape index (κ3) is 6.11. The van der Waals surface area contributed by atoms with E-state index in [0.29, 0.717) is 24.5 Å². The number of ether oxygens (including phenoxy) is 1. The van der Waals surface area contributed by atoms with Gasteiger partial charge in [0.2, 0.25) is 0 Å². The quantitative estimate of drug-likeness (QED) is 0.451. The van der Waals surface area contributed by atoms with Crippen molar-refractivity contribution >= 4 is 29.9 Å². The molecule has 118 valence electrons. The van der Waals surface area contributed by atoms with Crippen molar-refractivity contribution in [1.82, 2.24) is 4.90 Å². The van der Waals surface area contributed by atoms with Crippen molar-refractivity contribution in [3.05, 3.63) is 29.8 Å². The number of hydrogen-bond donors (Lipinski definition) is 1. The Hall–Kier alpha value is -0.980. The molecule has 0 aromatic heterocycles. The molecule has 0 unspecified atom stereocenters. The van der Waals surface area contributed by atoms with Gasteiger partial charge in [0.15, 0.2) is 5.96 Å². The fourth-order valence-corrected chi connectivity index (χ4v) is 1.89. The van der Waals surface area contributed by atoms with Gasteiger partial charge in [0.05, 0.1) is 13.2 Å². The van der Waals surface area contributed by atoms with E-state index in [4.69, 9.17) is 10.5 Å². The van der Waals surface area contributed by atoms with Crippen LogP contribution in [0.1, 0.15) is 32.3 Å². The Balaban J connectivity index is 0.00000220. The fourth-order valence-electron chi connectivity index (χ4n) is 1.89. The molecule has 0 amide bonds. The van der Waals surface area contributed by atoms with Gasteiger partial charge in [0.1, 0.15) is 5.75 Å². The Morgan fingerprint density at radius 2 is 1.95 bits per heavy atom. The minimum Gasteiger partial charge on any atom is -0.493 e. The fraction of sp³-hybridized carbons (Fsp3) is 0.562. The summed E-state index contributed by atoms with van der Waals surface area (Å²) < 4.78 is 5.66. The molecule has 1 aromatic carbocycles. The van der Waals surface area contributed by atoms with Crippen LogP contribution in [0.3, 0.4) is 0 Å². The second-order valence-electron chi connectivity index (χ2n) is 5.87. The summed E-state index contributed by atoms with van der Waals surface area (Å²) in [6.07, 6.45) is 2.46. The van der Waals surface area contributed by atoms with Gasteiger partial charge in [-0.1, -0.05) is 26.0 Å². The SMILES string of the molecule is CC(C)COc1ccc(CN=C(N)N(C)C2CC2)cc1.I. The highest BCUT2D eigenvalue weighted by Gasteiger charge is 2.27. The molecule has 2 N–H and O–H groups in total. The summed E-state index contributed by atoms with van der Waals surface area (Å²) in [5, 5.41) is 0. The molecule has 21 heavy (non-hydrogen) atoms. The second kappa shape index (κ2) is 8.46. The minimum atomic E-state index is 0. The summed E-state index contributed by atoms with van der Waals surface area (Å²) in [4.78, 5) is 6.51. The number of rotatable bonds is 6. The van der Waals surface area contributed by atoms with Crippen molar-refractivity contribution in [2.75, 3.05) is 13.7 Å². The molecule has 0 radical (unpaired) electrons. The summed E-state index contributed by atoms with van der Waals surface area (Å²) in [5.74, 6) is 2.08. The Kier molecular flexibility index (Phi) is 7.28. The predicted molar refractivity (Wildman–Crippen MR) is 98.3 cm³/mol. The highest BCUT2D eigenvalue weighted by Crippen LogP contribution is 2.25. The molecule has 0 atom stereocenters. The van der Waals surface area contributed by atoms with Crippen LogP contribution in [0.4, 0.5) is 0 Å². The van der Waals surface area contributed by atoms with Crippen molar-refractivity contribution in [3.8, 4) is 5.75 Å². The monoisotopic (exact) mass is 403 g/mol. The molecule has 0 bridgehead atoms. The van der Waals surface area contributed by atoms with E-state index >= 15 is 0 Å². The highest BCUT2D eigenvalue weighted by molar-refractivity contribution is 14.0. The molecule has 1 aromatic rings. The molecule has 1 fully saturated rings. The molecule has 2 rings (SSSR count). The van der Waals surface area contributed by atoms with Crippen LogP contribution in [0, 0.1) is 5.92 Å². The molecule has 1 aliphatic rings. The lowest BCUT2D eigenvalue weighted by molar-refractivity contribution is 0.271. The van der Waals surface area contributed by atoms with Gasteiger partial charge in [-0.05, 0) is 36.5 Å². The molecule has 0 heterocycles. The van der Waals surface area contributed by atoms with E-state index < -0.39 is 0 Å². The first-order chi connectivity index (χ1) is 9.56. The molecule has 0 aliphatic heterocycles. The van der Waals surface area contributed by atoms with Gasteiger partial charge in [-0.3, -0.25) is 0 Å². The molecule has 0 spiro atoms. The molecule has 4 nitrogen and oxygen atoms in total. The second-order valence-corrected chi connectivity index (χ2v) is 5.87. The number of hydrogen-bond acceptors (Lipinski definition) is 2. The third-order valence-electron chi connectivity index (χ3n) is 3.39. The first-order valence-corrected chi connectivity index (χ1v) is 7.30. The van der Waals surface area contributed by atoms with Crippen LogP contribution < -0.4 is 10.5 Å². The summed E-state index contributed by atoms with van der Waals surface area (Å²) >= 11 is 0. The van der Waals surface area contributed by atoms with Crippen LogP contribution >= 0.6 is 24.0 Å². The average molecular weight is 403 g/mol. The number of benzene rings is 1. The Labute approximate surface area is 144 Å². The summed E-state index contributed by atoms with van der Waals surface area (Å²) in [6, 6.07) is 8.68. The largest absolute Gasteiger partial charge is 0.493 e. The van der Waals surface area contributed by atoms with Crippen molar-refractivity contribution in [2.24, 2.45) is 16.6 Å². The van der Waals surface area contributed by atoms with Gasteiger partial charge in [0.25, 0.3) is 0 Å². The van der Waals surface area contributed by atoms with E-state index in [1.165, 1.54) is 12.8 Å². The summed E-state index contributed by atoms with van der Waals surface area (Å²) in [5.41, 5.74) is 7.12. The van der Waals surface area contributed by atoms with Gasteiger partial charge < -0.3 is 15.4 Å². The number of nitrogens with zero attached hydrogens (tertiary/aromatic N) is 2. The van der Waals surface area contributed by atoms with Crippen molar-refractivity contribution in [1.29, 1.82) is 0 Å². The van der Waals surface area contributed by atoms with Gasteiger partial charge >= 0.3 is 0 Å². The zero-order chi connectivity index (χ0) is 14.5. The van der Waals surface area contributed by atoms with Crippen LogP contribution in [0.25, 0.3) is 0 Å². The van der Waals surface area contributed by atoms with Gasteiger partial charge in [-0.15, -0.1) is 24.0 Å². The Morgan fingerprint density at radius 3 is 2.48 bits per heavy atom. The van der Waals surface area contributed by atoms with Crippen molar-refractivity contribution < 1.29 is 4.74 Å². The number of halogens is 1. The lowest BCUT2D eigenvalue weighted by Gasteiger charge is -2.16. The lowest BCUT2D eigenvalue weighted by Crippen LogP contribution is -2.35. The standard InChI is InChI=1S/C16H25N3O.HI/c1-12(2)11-20-15-8-4-13(5-9-15)10-18-16(17)19(3)14-6-7-14;/h4-5,8-9,12,14H,6-7,10-11H2,1-3H3,(H2,17,18);1H. The van der Waals surface area contributed by atoms with E-state index in [2.05, 4.69) is 23.7 Å². The van der Waals surface area contributed by atoms with E-state index in [-0.39, 0.29) is 24.0 Å². The van der Waals surface area contributed by atoms with Crippen LogP contribution in [0.2, 0.25) is 0 Å². The summed E-state index contributed by atoms with van der Waals surface area (Å²) in [6.45, 7) is 5.65. The maximum atomic E-state index is 5.97. The van der Waals surface area contributed by atoms with Gasteiger partial charge in [-0.2, -0.15) is 0 Å². The van der Waals surface area contributed by atoms with Crippen LogP contribution in [0.5, 0.6) is 5.75 Å². The Bertz CT molecular complexity index is 455. The number of nitrogens with two attached hydrogens (primary N) is 1. The van der Waals surface area contributed by atoms with Crippen LogP contribution in [-0.4, -0.2) is 30.6 Å². The molecule has 5 heteroatoms. The smallest absolute Gasteiger partial charge is 0.191 e. The van der Waals surface area contributed by atoms with Gasteiger partial charge in [0, 0.05) is 13.1 Å². The molecule has 1 aliphatic carbocycles. The zero-order valence-corrected chi connectivity index (χ0v) is 15.4. The number of aliphatic imine (C=N–C) groups is 1. The zero-order valence-electron chi connectivity index (χ0n) is 13.1. The van der Waals surface area contributed by atoms with E-state index in [9.17, 15) is 0 Å². The van der Waals surface area contributed by atoms with E-state index in [1.54, 1.807) is 0 Å². The normalized spacial score (nSPS) is 14.8. The van der Waals surface area contributed by atoms with Crippen molar-refractivity contribution in [3.63, 3.8) is 0 Å². The summed E-state index contributed by atoms with van der Waals surface area (Å²) in [7, 11) is 2.01. The molecule has 1 saturated carbocycles. The number of guanidine groups is 1. The molecule has 0 saturated heterocycles. The molecular formula is C16H26IN3O. The first kappa shape index (κ1) is 18.1. The van der Waals surface area contributed by atoms with E-state index in [1.807, 2.05) is 31.3 Å². The van der Waals surface area contributed by atoms with E-state index in [0.717, 1.165) is 17.9 Å². The third-order valence-corrected chi connectivity index (χ3v) is 3.39. The lowest BCUT2D eigenvalue weighted by atomic mass is 10.2.